The molecule has 0 bridgehead atoms. The highest BCUT2D eigenvalue weighted by molar-refractivity contribution is 8.18. The molecule has 0 radical (unpaired) electrons. The fourth-order valence-corrected chi connectivity index (χ4v) is 3.07. The molecule has 0 aromatic heterocycles. The van der Waals surface area contributed by atoms with E-state index < -0.39 is 34.3 Å². The van der Waals surface area contributed by atoms with Crippen LogP contribution in [0.25, 0.3) is 6.08 Å². The fourth-order valence-electron chi connectivity index (χ4n) is 2.23. The number of aromatic hydroxyl groups is 1. The molecule has 1 saturated heterocycles. The number of carbonyl (C=O) groups excluding carboxylic acids is 2. The average Bonchev–Trinajstić information content (AvgIpc) is 2.82. The molecule has 2 aromatic carbocycles. The lowest BCUT2D eigenvalue weighted by molar-refractivity contribution is -0.123. The predicted molar refractivity (Wildman–Crippen MR) is 85.9 cm³/mol. The van der Waals surface area contributed by atoms with Gasteiger partial charge in [-0.25, -0.2) is 13.2 Å². The number of carbonyl (C=O) groups is 2. The normalized spacial score (nSPS) is 16.1. The number of rotatable bonds is 3. The Balaban J connectivity index is 1.83. The van der Waals surface area contributed by atoms with Gasteiger partial charge in [0.25, 0.3) is 11.1 Å². The summed E-state index contributed by atoms with van der Waals surface area (Å²) in [5.41, 5.74) is 0.610. The van der Waals surface area contributed by atoms with Crippen LogP contribution in [-0.4, -0.2) is 21.2 Å². The molecule has 1 fully saturated rings. The van der Waals surface area contributed by atoms with Crippen molar-refractivity contribution in [3.63, 3.8) is 0 Å². The molecule has 1 N–H and O–H groups in total. The van der Waals surface area contributed by atoms with Gasteiger partial charge in [0.15, 0.2) is 23.2 Å². The van der Waals surface area contributed by atoms with E-state index in [1.807, 2.05) is 0 Å². The van der Waals surface area contributed by atoms with Crippen LogP contribution >= 0.6 is 11.8 Å². The minimum absolute atomic E-state index is 0.0820. The van der Waals surface area contributed by atoms with Gasteiger partial charge in [-0.15, -0.1) is 0 Å². The number of phenols is 1. The minimum atomic E-state index is -1.07. The molecule has 1 aliphatic heterocycles. The number of nitrogens with zero attached hydrogens (tertiary/aromatic N) is 1. The van der Waals surface area contributed by atoms with E-state index in [0.717, 1.165) is 29.2 Å². The topological polar surface area (TPSA) is 57.6 Å². The first-order chi connectivity index (χ1) is 11.8. The van der Waals surface area contributed by atoms with E-state index in [0.29, 0.717) is 17.3 Å². The van der Waals surface area contributed by atoms with Gasteiger partial charge in [0.1, 0.15) is 0 Å². The first-order valence-corrected chi connectivity index (χ1v) is 7.84. The third-order valence-electron chi connectivity index (χ3n) is 3.47. The molecular weight excluding hydrogens is 355 g/mol. The molecule has 128 valence electrons. The van der Waals surface area contributed by atoms with Crippen molar-refractivity contribution in [2.45, 2.75) is 6.54 Å². The maximum absolute atomic E-state index is 13.2. The molecule has 0 atom stereocenters. The van der Waals surface area contributed by atoms with Crippen LogP contribution in [0.4, 0.5) is 18.0 Å². The summed E-state index contributed by atoms with van der Waals surface area (Å²) in [7, 11) is 0. The number of benzene rings is 2. The van der Waals surface area contributed by atoms with Crippen LogP contribution in [0.5, 0.6) is 5.75 Å². The van der Waals surface area contributed by atoms with E-state index in [1.54, 1.807) is 0 Å². The van der Waals surface area contributed by atoms with Gasteiger partial charge < -0.3 is 5.11 Å². The van der Waals surface area contributed by atoms with Crippen molar-refractivity contribution in [1.29, 1.82) is 0 Å². The van der Waals surface area contributed by atoms with E-state index in [2.05, 4.69) is 0 Å². The molecule has 8 heteroatoms. The van der Waals surface area contributed by atoms with E-state index in [4.69, 9.17) is 0 Å². The first kappa shape index (κ1) is 17.1. The third-order valence-corrected chi connectivity index (χ3v) is 4.37. The van der Waals surface area contributed by atoms with E-state index >= 15 is 0 Å². The summed E-state index contributed by atoms with van der Waals surface area (Å²) in [5.74, 6) is -4.07. The highest BCUT2D eigenvalue weighted by Gasteiger charge is 2.35. The number of phenolic OH excluding ortho intramolecular Hbond substituents is 1. The predicted octanol–water partition coefficient (Wildman–Crippen LogP) is 4.05. The zero-order valence-electron chi connectivity index (χ0n) is 12.5. The lowest BCUT2D eigenvalue weighted by Crippen LogP contribution is -2.27. The van der Waals surface area contributed by atoms with Crippen molar-refractivity contribution in [3.05, 3.63) is 69.9 Å². The lowest BCUT2D eigenvalue weighted by atomic mass is 10.2. The molecule has 3 rings (SSSR count). The summed E-state index contributed by atoms with van der Waals surface area (Å²) in [4.78, 5) is 25.3. The number of hydrogen-bond donors (Lipinski definition) is 1. The maximum atomic E-state index is 13.2. The van der Waals surface area contributed by atoms with Crippen LogP contribution in [0.2, 0.25) is 0 Å². The summed E-state index contributed by atoms with van der Waals surface area (Å²) < 4.78 is 39.2. The number of thioether (sulfide) groups is 1. The molecule has 0 aliphatic carbocycles. The summed E-state index contributed by atoms with van der Waals surface area (Å²) >= 11 is 0.669. The van der Waals surface area contributed by atoms with Crippen LogP contribution in [0.15, 0.2) is 41.3 Å². The molecule has 25 heavy (non-hydrogen) atoms. The van der Waals surface area contributed by atoms with Crippen molar-refractivity contribution >= 4 is 29.0 Å². The largest absolute Gasteiger partial charge is 0.505 e. The van der Waals surface area contributed by atoms with E-state index in [-0.39, 0.29) is 17.0 Å². The highest BCUT2D eigenvalue weighted by atomic mass is 32.2. The van der Waals surface area contributed by atoms with Crippen molar-refractivity contribution in [1.82, 2.24) is 4.90 Å². The minimum Gasteiger partial charge on any atom is -0.505 e. The Hall–Kier alpha value is -2.74. The lowest BCUT2D eigenvalue weighted by Gasteiger charge is -2.12. The Morgan fingerprint density at radius 2 is 1.72 bits per heavy atom. The molecule has 1 aliphatic rings. The van der Waals surface area contributed by atoms with Crippen LogP contribution in [0, 0.1) is 17.5 Å². The third kappa shape index (κ3) is 3.53. The molecule has 1 heterocycles. The van der Waals surface area contributed by atoms with Crippen molar-refractivity contribution in [2.24, 2.45) is 0 Å². The molecule has 2 amide bonds. The Bertz CT molecular complexity index is 914. The molecule has 0 saturated carbocycles. The average molecular weight is 365 g/mol. The Labute approximate surface area is 144 Å². The second kappa shape index (κ2) is 6.64. The molecular formula is C17H10F3NO3S. The van der Waals surface area contributed by atoms with Crippen LogP contribution in [0.3, 0.4) is 0 Å². The van der Waals surface area contributed by atoms with Crippen molar-refractivity contribution in [2.75, 3.05) is 0 Å². The van der Waals surface area contributed by atoms with Gasteiger partial charge in [0.05, 0.1) is 11.4 Å². The van der Waals surface area contributed by atoms with E-state index in [1.165, 1.54) is 18.2 Å². The molecule has 0 spiro atoms. The zero-order chi connectivity index (χ0) is 18.1. The zero-order valence-corrected chi connectivity index (χ0v) is 13.3. The summed E-state index contributed by atoms with van der Waals surface area (Å²) in [6.07, 6.45) is 1.34. The Morgan fingerprint density at radius 1 is 1.00 bits per heavy atom. The second-order valence-corrected chi connectivity index (χ2v) is 6.22. The van der Waals surface area contributed by atoms with Crippen LogP contribution in [0.1, 0.15) is 11.1 Å². The van der Waals surface area contributed by atoms with Gasteiger partial charge in [0, 0.05) is 0 Å². The van der Waals surface area contributed by atoms with Crippen molar-refractivity contribution < 1.29 is 27.9 Å². The standard InChI is InChI=1S/C17H10F3NO3S/c18-11-3-2-10(5-13(11)20)8-21-16(23)15(25-17(21)24)7-9-1-4-12(19)14(22)6-9/h1-7,22H,8H2/b15-7-. The van der Waals surface area contributed by atoms with Crippen LogP contribution in [-0.2, 0) is 11.3 Å². The number of halogens is 3. The summed E-state index contributed by atoms with van der Waals surface area (Å²) in [6.45, 7) is -0.201. The van der Waals surface area contributed by atoms with Gasteiger partial charge in [-0.05, 0) is 53.2 Å². The SMILES string of the molecule is O=C1S/C(=C\c2ccc(F)c(O)c2)C(=O)N1Cc1ccc(F)c(F)c1. The Kier molecular flexibility index (Phi) is 4.54. The number of imide groups is 1. The number of hydrogen-bond acceptors (Lipinski definition) is 4. The summed E-state index contributed by atoms with van der Waals surface area (Å²) in [6, 6.07) is 6.62. The second-order valence-electron chi connectivity index (χ2n) is 5.23. The van der Waals surface area contributed by atoms with Gasteiger partial charge in [-0.2, -0.15) is 0 Å². The highest BCUT2D eigenvalue weighted by Crippen LogP contribution is 2.34. The quantitative estimate of drug-likeness (QED) is 0.834. The van der Waals surface area contributed by atoms with E-state index in [9.17, 15) is 27.9 Å². The van der Waals surface area contributed by atoms with Gasteiger partial charge in [-0.1, -0.05) is 12.1 Å². The fraction of sp³-hybridized carbons (Fsp3) is 0.0588. The van der Waals surface area contributed by atoms with Gasteiger partial charge >= 0.3 is 0 Å². The van der Waals surface area contributed by atoms with Gasteiger partial charge in [-0.3, -0.25) is 14.5 Å². The first-order valence-electron chi connectivity index (χ1n) is 7.03. The van der Waals surface area contributed by atoms with Gasteiger partial charge in [0.2, 0.25) is 0 Å². The summed E-state index contributed by atoms with van der Waals surface area (Å²) in [5, 5.41) is 8.78. The van der Waals surface area contributed by atoms with Crippen LogP contribution < -0.4 is 0 Å². The monoisotopic (exact) mass is 365 g/mol. The maximum Gasteiger partial charge on any atom is 0.293 e. The number of amides is 2. The molecule has 2 aromatic rings. The Morgan fingerprint density at radius 3 is 2.40 bits per heavy atom. The molecule has 4 nitrogen and oxygen atoms in total. The van der Waals surface area contributed by atoms with Crippen molar-refractivity contribution in [3.8, 4) is 5.75 Å². The molecule has 0 unspecified atom stereocenters. The smallest absolute Gasteiger partial charge is 0.293 e.